The van der Waals surface area contributed by atoms with E-state index in [1.807, 2.05) is 11.1 Å². The molecule has 1 aliphatic carbocycles. The van der Waals surface area contributed by atoms with E-state index >= 15 is 0 Å². The van der Waals surface area contributed by atoms with Crippen molar-refractivity contribution < 1.29 is 4.79 Å². The zero-order valence-electron chi connectivity index (χ0n) is 15.0. The molecule has 1 aromatic carbocycles. The summed E-state index contributed by atoms with van der Waals surface area (Å²) in [5.74, 6) is 2.29. The molecule has 1 unspecified atom stereocenters. The number of hydrogen-bond donors (Lipinski definition) is 0. The first-order valence-corrected chi connectivity index (χ1v) is 9.55. The van der Waals surface area contributed by atoms with Crippen LogP contribution in [0.3, 0.4) is 0 Å². The predicted octanol–water partition coefficient (Wildman–Crippen LogP) is 3.57. The number of imidazole rings is 1. The van der Waals surface area contributed by atoms with Gasteiger partial charge in [-0.1, -0.05) is 6.42 Å². The molecule has 2 heterocycles. The average Bonchev–Trinajstić information content (AvgIpc) is 3.13. The number of amides is 1. The first-order valence-electron chi connectivity index (χ1n) is 9.55. The van der Waals surface area contributed by atoms with Crippen molar-refractivity contribution in [1.82, 2.24) is 14.5 Å². The van der Waals surface area contributed by atoms with E-state index in [2.05, 4.69) is 21.8 Å². The summed E-state index contributed by atoms with van der Waals surface area (Å²) >= 11 is 0. The molecule has 134 valence electrons. The maximum Gasteiger partial charge on any atom is 0.253 e. The number of rotatable bonds is 4. The van der Waals surface area contributed by atoms with Gasteiger partial charge in [0, 0.05) is 43.5 Å². The molecule has 5 nitrogen and oxygen atoms in total. The fraction of sp³-hybridized carbons (Fsp3) is 0.476. The van der Waals surface area contributed by atoms with Gasteiger partial charge in [0.15, 0.2) is 0 Å². The van der Waals surface area contributed by atoms with Crippen LogP contribution in [0.5, 0.6) is 0 Å². The molecule has 1 atom stereocenters. The molecule has 5 heteroatoms. The highest BCUT2D eigenvalue weighted by atomic mass is 16.2. The number of nitriles is 1. The first kappa shape index (κ1) is 16.8. The molecule has 1 aliphatic heterocycles. The van der Waals surface area contributed by atoms with Crippen molar-refractivity contribution in [3.05, 3.63) is 53.6 Å². The summed E-state index contributed by atoms with van der Waals surface area (Å²) in [7, 11) is 0. The van der Waals surface area contributed by atoms with E-state index in [9.17, 15) is 4.79 Å². The minimum atomic E-state index is 0.0521. The quantitative estimate of drug-likeness (QED) is 0.848. The van der Waals surface area contributed by atoms with Crippen molar-refractivity contribution >= 4 is 5.91 Å². The first-order chi connectivity index (χ1) is 12.7. The van der Waals surface area contributed by atoms with Crippen molar-refractivity contribution in [2.24, 2.45) is 5.92 Å². The Hall–Kier alpha value is -2.61. The minimum Gasteiger partial charge on any atom is -0.338 e. The third-order valence-corrected chi connectivity index (χ3v) is 5.76. The molecule has 0 bridgehead atoms. The molecule has 1 amide bonds. The smallest absolute Gasteiger partial charge is 0.253 e. The van der Waals surface area contributed by atoms with Crippen molar-refractivity contribution in [3.8, 4) is 6.07 Å². The number of piperidine rings is 1. The number of hydrogen-bond acceptors (Lipinski definition) is 3. The molecule has 2 aliphatic rings. The van der Waals surface area contributed by atoms with Crippen LogP contribution < -0.4 is 0 Å². The van der Waals surface area contributed by atoms with E-state index in [-0.39, 0.29) is 5.91 Å². The van der Waals surface area contributed by atoms with E-state index in [4.69, 9.17) is 5.26 Å². The van der Waals surface area contributed by atoms with Crippen molar-refractivity contribution in [2.45, 2.75) is 44.6 Å². The van der Waals surface area contributed by atoms with E-state index in [0.29, 0.717) is 17.0 Å². The fourth-order valence-electron chi connectivity index (χ4n) is 4.03. The van der Waals surface area contributed by atoms with E-state index in [1.165, 1.54) is 19.3 Å². The summed E-state index contributed by atoms with van der Waals surface area (Å²) in [6, 6.07) is 9.01. The molecule has 2 fully saturated rings. The summed E-state index contributed by atoms with van der Waals surface area (Å²) in [6.45, 7) is 2.58. The summed E-state index contributed by atoms with van der Waals surface area (Å²) in [6.07, 6.45) is 10.1. The third-order valence-electron chi connectivity index (χ3n) is 5.76. The van der Waals surface area contributed by atoms with Crippen LogP contribution in [-0.4, -0.2) is 33.4 Å². The Bertz CT molecular complexity index is 813. The van der Waals surface area contributed by atoms with Crippen molar-refractivity contribution in [3.63, 3.8) is 0 Å². The summed E-state index contributed by atoms with van der Waals surface area (Å²) in [5.41, 5.74) is 1.23. The Morgan fingerprint density at radius 1 is 1.19 bits per heavy atom. The van der Waals surface area contributed by atoms with Gasteiger partial charge in [-0.05, 0) is 55.9 Å². The molecular formula is C21H24N4O. The SMILES string of the molecule is N#Cc1ccc(C(=O)N2CCCC(c3nccn3CC3CCC3)C2)cc1. The van der Waals surface area contributed by atoms with Crippen LogP contribution in [0.1, 0.15) is 59.8 Å². The second kappa shape index (κ2) is 7.33. The Morgan fingerprint density at radius 3 is 2.69 bits per heavy atom. The average molecular weight is 348 g/mol. The number of aromatic nitrogens is 2. The van der Waals surface area contributed by atoms with Gasteiger partial charge in [0.25, 0.3) is 5.91 Å². The van der Waals surface area contributed by atoms with Crippen molar-refractivity contribution in [2.75, 3.05) is 13.1 Å². The van der Waals surface area contributed by atoms with Crippen LogP contribution in [-0.2, 0) is 6.54 Å². The van der Waals surface area contributed by atoms with Crippen LogP contribution >= 0.6 is 0 Å². The molecule has 26 heavy (non-hydrogen) atoms. The second-order valence-electron chi connectivity index (χ2n) is 7.51. The monoisotopic (exact) mass is 348 g/mol. The summed E-state index contributed by atoms with van der Waals surface area (Å²) < 4.78 is 2.31. The van der Waals surface area contributed by atoms with Gasteiger partial charge in [-0.25, -0.2) is 4.98 Å². The Balaban J connectivity index is 1.46. The largest absolute Gasteiger partial charge is 0.338 e. The lowest BCUT2D eigenvalue weighted by Gasteiger charge is -2.33. The van der Waals surface area contributed by atoms with E-state index in [0.717, 1.165) is 44.2 Å². The Kier molecular flexibility index (Phi) is 4.75. The van der Waals surface area contributed by atoms with Gasteiger partial charge in [0.2, 0.25) is 0 Å². The molecule has 1 aromatic heterocycles. The number of likely N-dealkylation sites (tertiary alicyclic amines) is 1. The van der Waals surface area contributed by atoms with Crippen molar-refractivity contribution in [1.29, 1.82) is 5.26 Å². The predicted molar refractivity (Wildman–Crippen MR) is 98.6 cm³/mol. The molecule has 1 saturated heterocycles. The maximum absolute atomic E-state index is 12.8. The Morgan fingerprint density at radius 2 is 2.00 bits per heavy atom. The Labute approximate surface area is 154 Å². The lowest BCUT2D eigenvalue weighted by molar-refractivity contribution is 0.0702. The third kappa shape index (κ3) is 3.37. The zero-order chi connectivity index (χ0) is 17.9. The minimum absolute atomic E-state index is 0.0521. The molecule has 0 spiro atoms. The number of benzene rings is 1. The number of nitrogens with zero attached hydrogens (tertiary/aromatic N) is 4. The highest BCUT2D eigenvalue weighted by Gasteiger charge is 2.29. The highest BCUT2D eigenvalue weighted by Crippen LogP contribution is 2.31. The van der Waals surface area contributed by atoms with Gasteiger partial charge in [0.05, 0.1) is 11.6 Å². The van der Waals surface area contributed by atoms with Crippen LogP contribution in [0, 0.1) is 17.2 Å². The van der Waals surface area contributed by atoms with E-state index in [1.54, 1.807) is 24.3 Å². The van der Waals surface area contributed by atoms with Crippen LogP contribution in [0.2, 0.25) is 0 Å². The fourth-order valence-corrected chi connectivity index (χ4v) is 4.03. The van der Waals surface area contributed by atoms with Crippen LogP contribution in [0.4, 0.5) is 0 Å². The zero-order valence-corrected chi connectivity index (χ0v) is 15.0. The lowest BCUT2D eigenvalue weighted by Crippen LogP contribution is -2.40. The molecule has 1 saturated carbocycles. The topological polar surface area (TPSA) is 61.9 Å². The standard InChI is InChI=1S/C21H24N4O/c22-13-16-6-8-18(9-7-16)21(26)25-11-2-5-19(15-25)20-23-10-12-24(20)14-17-3-1-4-17/h6-10,12,17,19H,1-5,11,14-15H2. The van der Waals surface area contributed by atoms with Gasteiger partial charge >= 0.3 is 0 Å². The van der Waals surface area contributed by atoms with Crippen LogP contribution in [0.25, 0.3) is 0 Å². The highest BCUT2D eigenvalue weighted by molar-refractivity contribution is 5.94. The van der Waals surface area contributed by atoms with Gasteiger partial charge in [-0.2, -0.15) is 5.26 Å². The maximum atomic E-state index is 12.8. The van der Waals surface area contributed by atoms with Gasteiger partial charge in [-0.3, -0.25) is 4.79 Å². The van der Waals surface area contributed by atoms with Gasteiger partial charge in [-0.15, -0.1) is 0 Å². The van der Waals surface area contributed by atoms with Crippen LogP contribution in [0.15, 0.2) is 36.7 Å². The van der Waals surface area contributed by atoms with Gasteiger partial charge < -0.3 is 9.47 Å². The molecule has 4 rings (SSSR count). The summed E-state index contributed by atoms with van der Waals surface area (Å²) in [4.78, 5) is 19.4. The molecular weight excluding hydrogens is 324 g/mol. The van der Waals surface area contributed by atoms with E-state index < -0.39 is 0 Å². The molecule has 0 N–H and O–H groups in total. The number of carbonyl (C=O) groups is 1. The molecule has 2 aromatic rings. The molecule has 0 radical (unpaired) electrons. The lowest BCUT2D eigenvalue weighted by atomic mass is 9.85. The number of carbonyl (C=O) groups excluding carboxylic acids is 1. The summed E-state index contributed by atoms with van der Waals surface area (Å²) in [5, 5.41) is 8.91. The normalized spacial score (nSPS) is 20.4. The van der Waals surface area contributed by atoms with Gasteiger partial charge in [0.1, 0.15) is 5.82 Å². The second-order valence-corrected chi connectivity index (χ2v) is 7.51.